The van der Waals surface area contributed by atoms with Crippen LogP contribution in [0.5, 0.6) is 5.88 Å². The summed E-state index contributed by atoms with van der Waals surface area (Å²) in [7, 11) is 0. The number of H-pyrrole nitrogens is 1. The highest BCUT2D eigenvalue weighted by molar-refractivity contribution is 5.97. The van der Waals surface area contributed by atoms with Crippen LogP contribution in [0, 0.1) is 11.6 Å². The molecule has 22 heavy (non-hydrogen) atoms. The van der Waals surface area contributed by atoms with Gasteiger partial charge in [0.05, 0.1) is 11.1 Å². The van der Waals surface area contributed by atoms with E-state index in [4.69, 9.17) is 0 Å². The van der Waals surface area contributed by atoms with E-state index in [0.717, 1.165) is 12.1 Å². The fourth-order valence-electron chi connectivity index (χ4n) is 2.02. The van der Waals surface area contributed by atoms with E-state index in [1.165, 1.54) is 30.3 Å². The predicted molar refractivity (Wildman–Crippen MR) is 75.2 cm³/mol. The van der Waals surface area contributed by atoms with Gasteiger partial charge in [0.15, 0.2) is 5.69 Å². The van der Waals surface area contributed by atoms with Gasteiger partial charge < -0.3 is 10.1 Å². The van der Waals surface area contributed by atoms with Crippen LogP contribution in [-0.2, 0) is 0 Å². The van der Waals surface area contributed by atoms with Crippen LogP contribution in [0.4, 0.5) is 14.5 Å². The van der Waals surface area contributed by atoms with Crippen molar-refractivity contribution in [1.29, 1.82) is 0 Å². The number of aromatic amines is 1. The van der Waals surface area contributed by atoms with Crippen LogP contribution in [0.2, 0.25) is 0 Å². The molecule has 5 nitrogen and oxygen atoms in total. The van der Waals surface area contributed by atoms with Gasteiger partial charge >= 0.3 is 0 Å². The first-order chi connectivity index (χ1) is 10.6. The summed E-state index contributed by atoms with van der Waals surface area (Å²) in [5.41, 5.74) is 0.113. The second-order valence-electron chi connectivity index (χ2n) is 4.50. The molecule has 0 atom stereocenters. The minimum Gasteiger partial charge on any atom is -0.493 e. The van der Waals surface area contributed by atoms with Crippen LogP contribution in [0.15, 0.2) is 52.7 Å². The molecule has 0 fully saturated rings. The summed E-state index contributed by atoms with van der Waals surface area (Å²) in [4.78, 5) is 14.4. The third-order valence-electron chi connectivity index (χ3n) is 3.06. The number of rotatable bonds is 2. The van der Waals surface area contributed by atoms with Gasteiger partial charge in [-0.3, -0.25) is 4.79 Å². The third-order valence-corrected chi connectivity index (χ3v) is 3.06. The zero-order valence-corrected chi connectivity index (χ0v) is 11.0. The van der Waals surface area contributed by atoms with Gasteiger partial charge in [-0.25, -0.2) is 8.78 Å². The van der Waals surface area contributed by atoms with Crippen molar-refractivity contribution in [2.24, 2.45) is 10.2 Å². The van der Waals surface area contributed by atoms with Gasteiger partial charge in [-0.1, -0.05) is 12.1 Å². The van der Waals surface area contributed by atoms with E-state index in [1.807, 2.05) is 0 Å². The zero-order valence-electron chi connectivity index (χ0n) is 11.0. The molecule has 0 radical (unpaired) electrons. The van der Waals surface area contributed by atoms with Gasteiger partial charge in [0.25, 0.3) is 5.91 Å². The van der Waals surface area contributed by atoms with Crippen LogP contribution in [0.1, 0.15) is 10.4 Å². The minimum absolute atomic E-state index is 0.0841. The van der Waals surface area contributed by atoms with Crippen molar-refractivity contribution in [3.8, 4) is 5.88 Å². The molecule has 2 N–H and O–H groups in total. The van der Waals surface area contributed by atoms with Gasteiger partial charge in [0.2, 0.25) is 5.88 Å². The molecule has 1 heterocycles. The normalized spacial score (nSPS) is 11.4. The first kappa shape index (κ1) is 13.9. The van der Waals surface area contributed by atoms with Gasteiger partial charge in [-0.2, -0.15) is 0 Å². The minimum atomic E-state index is -0.900. The summed E-state index contributed by atoms with van der Waals surface area (Å²) in [6, 6.07) is 9.11. The van der Waals surface area contributed by atoms with Gasteiger partial charge in [-0.15, -0.1) is 10.2 Å². The highest BCUT2D eigenvalue weighted by atomic mass is 19.1. The van der Waals surface area contributed by atoms with Crippen LogP contribution in [-0.4, -0.2) is 16.0 Å². The molecule has 110 valence electrons. The molecule has 0 aliphatic rings. The molecule has 0 saturated heterocycles. The molecule has 3 aromatic rings. The number of hydrogen-bond donors (Lipinski definition) is 2. The Bertz CT molecular complexity index is 903. The number of aromatic hydroxyl groups is 1. The standard InChI is InChI=1S/C15H9F2N3O2/c16-8-5-6-12-10(7-8)13(15(22)18-12)19-20-14(21)9-3-1-2-4-11(9)17/h1-7,18,22H. The molecule has 1 amide bonds. The molecule has 7 heteroatoms. The van der Waals surface area contributed by atoms with Gasteiger partial charge in [-0.05, 0) is 30.3 Å². The summed E-state index contributed by atoms with van der Waals surface area (Å²) >= 11 is 0. The number of carbonyl (C=O) groups excluding carboxylic acids is 1. The van der Waals surface area contributed by atoms with Gasteiger partial charge in [0, 0.05) is 5.39 Å². The van der Waals surface area contributed by atoms with E-state index in [9.17, 15) is 18.7 Å². The topological polar surface area (TPSA) is 77.8 Å². The molecule has 0 aliphatic heterocycles. The van der Waals surface area contributed by atoms with E-state index in [2.05, 4.69) is 15.2 Å². The second kappa shape index (κ2) is 5.36. The number of benzene rings is 2. The number of nitrogens with one attached hydrogen (secondary N) is 1. The summed E-state index contributed by atoms with van der Waals surface area (Å²) in [6.45, 7) is 0. The molecule has 1 aromatic heterocycles. The maximum absolute atomic E-state index is 13.5. The SMILES string of the molecule is O=C(N=Nc1c(O)[nH]c2ccc(F)cc12)c1ccccc1F. The number of azo groups is 1. The Hall–Kier alpha value is -3.09. The van der Waals surface area contributed by atoms with Crippen molar-refractivity contribution in [3.05, 3.63) is 59.7 Å². The fourth-order valence-corrected chi connectivity index (χ4v) is 2.02. The molecular formula is C15H9F2N3O2. The number of halogens is 2. The Morgan fingerprint density at radius 3 is 2.68 bits per heavy atom. The van der Waals surface area contributed by atoms with Crippen molar-refractivity contribution >= 4 is 22.5 Å². The summed E-state index contributed by atoms with van der Waals surface area (Å²) in [5, 5.41) is 17.0. The number of carbonyl (C=O) groups is 1. The van der Waals surface area contributed by atoms with E-state index in [0.29, 0.717) is 5.52 Å². The lowest BCUT2D eigenvalue weighted by Gasteiger charge is -1.96. The van der Waals surface area contributed by atoms with Crippen molar-refractivity contribution in [1.82, 2.24) is 4.98 Å². The fraction of sp³-hybridized carbons (Fsp3) is 0. The zero-order chi connectivity index (χ0) is 15.7. The average Bonchev–Trinajstić information content (AvgIpc) is 2.80. The van der Waals surface area contributed by atoms with E-state index in [-0.39, 0.29) is 22.5 Å². The monoisotopic (exact) mass is 301 g/mol. The lowest BCUT2D eigenvalue weighted by atomic mass is 10.2. The third kappa shape index (κ3) is 2.44. The molecule has 0 saturated carbocycles. The lowest BCUT2D eigenvalue weighted by Crippen LogP contribution is -1.97. The molecule has 0 spiro atoms. The van der Waals surface area contributed by atoms with Crippen molar-refractivity contribution in [3.63, 3.8) is 0 Å². The number of hydrogen-bond acceptors (Lipinski definition) is 3. The molecule has 0 unspecified atom stereocenters. The number of nitrogens with zero attached hydrogens (tertiary/aromatic N) is 2. The Kier molecular flexibility index (Phi) is 3.38. The molecule has 0 bridgehead atoms. The van der Waals surface area contributed by atoms with Crippen molar-refractivity contribution in [2.75, 3.05) is 0 Å². The summed E-state index contributed by atoms with van der Waals surface area (Å²) in [5.74, 6) is -2.50. The van der Waals surface area contributed by atoms with Crippen molar-refractivity contribution < 1.29 is 18.7 Å². The highest BCUT2D eigenvalue weighted by Crippen LogP contribution is 2.35. The summed E-state index contributed by atoms with van der Waals surface area (Å²) in [6.07, 6.45) is 0. The van der Waals surface area contributed by atoms with E-state index < -0.39 is 17.5 Å². The van der Waals surface area contributed by atoms with Crippen LogP contribution >= 0.6 is 0 Å². The van der Waals surface area contributed by atoms with E-state index >= 15 is 0 Å². The number of fused-ring (bicyclic) bond motifs is 1. The quantitative estimate of drug-likeness (QED) is 0.700. The molecule has 3 rings (SSSR count). The van der Waals surface area contributed by atoms with Crippen LogP contribution in [0.3, 0.4) is 0 Å². The number of amides is 1. The van der Waals surface area contributed by atoms with Crippen molar-refractivity contribution in [2.45, 2.75) is 0 Å². The molecular weight excluding hydrogens is 292 g/mol. The van der Waals surface area contributed by atoms with Crippen LogP contribution < -0.4 is 0 Å². The Morgan fingerprint density at radius 2 is 1.91 bits per heavy atom. The lowest BCUT2D eigenvalue weighted by molar-refractivity contribution is 0.0991. The molecule has 2 aromatic carbocycles. The first-order valence-corrected chi connectivity index (χ1v) is 6.27. The Balaban J connectivity index is 1.99. The highest BCUT2D eigenvalue weighted by Gasteiger charge is 2.13. The average molecular weight is 301 g/mol. The Morgan fingerprint density at radius 1 is 1.14 bits per heavy atom. The molecule has 0 aliphatic carbocycles. The number of aromatic nitrogens is 1. The Labute approximate surface area is 122 Å². The summed E-state index contributed by atoms with van der Waals surface area (Å²) < 4.78 is 26.7. The van der Waals surface area contributed by atoms with Gasteiger partial charge in [0.1, 0.15) is 11.6 Å². The van der Waals surface area contributed by atoms with E-state index in [1.54, 1.807) is 0 Å². The first-order valence-electron chi connectivity index (χ1n) is 6.27. The largest absolute Gasteiger partial charge is 0.493 e. The van der Waals surface area contributed by atoms with Crippen LogP contribution in [0.25, 0.3) is 10.9 Å². The smallest absolute Gasteiger partial charge is 0.298 e. The predicted octanol–water partition coefficient (Wildman–Crippen LogP) is 4.08. The maximum Gasteiger partial charge on any atom is 0.298 e. The second-order valence-corrected chi connectivity index (χ2v) is 4.50. The maximum atomic E-state index is 13.5.